The van der Waals surface area contributed by atoms with Crippen LogP contribution in [0.3, 0.4) is 0 Å². The number of para-hydroxylation sites is 1. The van der Waals surface area contributed by atoms with E-state index in [2.05, 4.69) is 41.3 Å². The van der Waals surface area contributed by atoms with Crippen molar-refractivity contribution in [1.29, 1.82) is 0 Å². The first kappa shape index (κ1) is 17.2. The van der Waals surface area contributed by atoms with Gasteiger partial charge in [-0.05, 0) is 54.6 Å². The number of benzene rings is 2. The highest BCUT2D eigenvalue weighted by Crippen LogP contribution is 2.36. The average Bonchev–Trinajstić information content (AvgIpc) is 3.34. The molecule has 0 N–H and O–H groups in total. The molecule has 0 amide bonds. The average molecular weight is 396 g/mol. The van der Waals surface area contributed by atoms with Crippen molar-refractivity contribution in [2.45, 2.75) is 12.5 Å². The van der Waals surface area contributed by atoms with Crippen LogP contribution in [0.15, 0.2) is 82.1 Å². The number of aromatic nitrogens is 3. The van der Waals surface area contributed by atoms with Gasteiger partial charge in [0.05, 0.1) is 11.6 Å². The summed E-state index contributed by atoms with van der Waals surface area (Å²) in [4.78, 5) is 15.1. The smallest absolute Gasteiger partial charge is 0.355 e. The Balaban J connectivity index is 1.47. The molecule has 6 rings (SSSR count). The van der Waals surface area contributed by atoms with Crippen LogP contribution in [0.1, 0.15) is 22.8 Å². The highest BCUT2D eigenvalue weighted by molar-refractivity contribution is 5.78. The Morgan fingerprint density at radius 1 is 1.03 bits per heavy atom. The highest BCUT2D eigenvalue weighted by atomic mass is 16.3. The first-order valence-electron chi connectivity index (χ1n) is 10.0. The minimum absolute atomic E-state index is 0.151. The van der Waals surface area contributed by atoms with Gasteiger partial charge in [-0.3, -0.25) is 0 Å². The topological polar surface area (TPSA) is 55.7 Å². The van der Waals surface area contributed by atoms with Gasteiger partial charge in [0.25, 0.3) is 0 Å². The van der Waals surface area contributed by atoms with Gasteiger partial charge in [0.2, 0.25) is 0 Å². The first-order valence-corrected chi connectivity index (χ1v) is 10.0. The van der Waals surface area contributed by atoms with E-state index in [1.54, 1.807) is 10.6 Å². The van der Waals surface area contributed by atoms with Gasteiger partial charge in [-0.25, -0.2) is 9.20 Å². The molecule has 1 aliphatic rings. The molecular formula is C24H20N4O2. The quantitative estimate of drug-likeness (QED) is 0.455. The molecule has 0 spiro atoms. The second kappa shape index (κ2) is 6.43. The van der Waals surface area contributed by atoms with Crippen LogP contribution >= 0.6 is 0 Å². The number of nitrogens with zero attached hydrogens (tertiary/aromatic N) is 4. The fourth-order valence-corrected chi connectivity index (χ4v) is 4.48. The predicted molar refractivity (Wildman–Crippen MR) is 115 cm³/mol. The fourth-order valence-electron chi connectivity index (χ4n) is 4.48. The van der Waals surface area contributed by atoms with Gasteiger partial charge in [-0.15, -0.1) is 5.10 Å². The van der Waals surface area contributed by atoms with Crippen LogP contribution in [0.5, 0.6) is 0 Å². The summed E-state index contributed by atoms with van der Waals surface area (Å²) in [5.74, 6) is 1.12. The molecule has 0 fully saturated rings. The van der Waals surface area contributed by atoms with Crippen LogP contribution in [0.25, 0.3) is 22.3 Å². The Morgan fingerprint density at radius 3 is 2.77 bits per heavy atom. The molecule has 0 bridgehead atoms. The Hall–Kier alpha value is -3.64. The summed E-state index contributed by atoms with van der Waals surface area (Å²) in [6.07, 6.45) is 1.74. The molecule has 0 saturated carbocycles. The third kappa shape index (κ3) is 2.61. The maximum Gasteiger partial charge on any atom is 0.355 e. The Bertz CT molecular complexity index is 1430. The summed E-state index contributed by atoms with van der Waals surface area (Å²) in [5, 5.41) is 5.61. The molecule has 1 atom stereocenters. The summed E-state index contributed by atoms with van der Waals surface area (Å²) in [6.45, 7) is 1.71. The van der Waals surface area contributed by atoms with Crippen molar-refractivity contribution in [2.75, 3.05) is 13.6 Å². The zero-order valence-electron chi connectivity index (χ0n) is 16.5. The Labute approximate surface area is 172 Å². The van der Waals surface area contributed by atoms with Crippen molar-refractivity contribution >= 4 is 16.6 Å². The molecule has 3 aromatic heterocycles. The minimum atomic E-state index is -0.163. The zero-order valence-corrected chi connectivity index (χ0v) is 16.5. The van der Waals surface area contributed by atoms with Crippen LogP contribution in [0.4, 0.5) is 0 Å². The van der Waals surface area contributed by atoms with E-state index in [4.69, 9.17) is 4.42 Å². The van der Waals surface area contributed by atoms with Gasteiger partial charge in [-0.1, -0.05) is 30.3 Å². The monoisotopic (exact) mass is 396 g/mol. The lowest BCUT2D eigenvalue weighted by Crippen LogP contribution is -2.31. The van der Waals surface area contributed by atoms with E-state index in [9.17, 15) is 4.79 Å². The van der Waals surface area contributed by atoms with Gasteiger partial charge in [0.15, 0.2) is 5.65 Å². The van der Waals surface area contributed by atoms with Crippen LogP contribution in [0.2, 0.25) is 0 Å². The second-order valence-electron chi connectivity index (χ2n) is 7.94. The second-order valence-corrected chi connectivity index (χ2v) is 7.94. The minimum Gasteiger partial charge on any atom is -0.460 e. The van der Waals surface area contributed by atoms with E-state index in [1.807, 2.05) is 42.5 Å². The maximum absolute atomic E-state index is 12.8. The van der Waals surface area contributed by atoms with Crippen molar-refractivity contribution < 1.29 is 4.42 Å². The summed E-state index contributed by atoms with van der Waals surface area (Å²) in [5.41, 5.74) is 4.60. The molecule has 148 valence electrons. The molecule has 1 unspecified atom stereocenters. The molecule has 0 radical (unpaired) electrons. The van der Waals surface area contributed by atoms with E-state index < -0.39 is 0 Å². The summed E-state index contributed by atoms with van der Waals surface area (Å²) < 4.78 is 9.22. The van der Waals surface area contributed by atoms with E-state index in [0.29, 0.717) is 5.65 Å². The standard InChI is InChI=1S/C24H20N4O2/c1-26-14-17-12-18(28-24(29)27-11-5-4-8-23(27)25-28)9-10-19(17)20(15-26)22-13-16-6-2-3-7-21(16)30-22/h2-13,20H,14-15H2,1H3. The Morgan fingerprint density at radius 2 is 1.90 bits per heavy atom. The van der Waals surface area contributed by atoms with E-state index in [1.165, 1.54) is 15.8 Å². The lowest BCUT2D eigenvalue weighted by molar-refractivity contribution is 0.282. The molecule has 2 aromatic carbocycles. The third-order valence-corrected chi connectivity index (χ3v) is 5.90. The van der Waals surface area contributed by atoms with Crippen LogP contribution in [0, 0.1) is 0 Å². The fraction of sp³-hybridized carbons (Fsp3) is 0.167. The third-order valence-electron chi connectivity index (χ3n) is 5.90. The summed E-state index contributed by atoms with van der Waals surface area (Å²) >= 11 is 0. The molecule has 0 saturated heterocycles. The van der Waals surface area contributed by atoms with Gasteiger partial charge in [-0.2, -0.15) is 4.68 Å². The number of hydrogen-bond acceptors (Lipinski definition) is 4. The number of hydrogen-bond donors (Lipinski definition) is 0. The van der Waals surface area contributed by atoms with E-state index in [-0.39, 0.29) is 11.6 Å². The van der Waals surface area contributed by atoms with Crippen LogP contribution < -0.4 is 5.69 Å². The van der Waals surface area contributed by atoms with Gasteiger partial charge < -0.3 is 9.32 Å². The largest absolute Gasteiger partial charge is 0.460 e. The van der Waals surface area contributed by atoms with E-state index in [0.717, 1.165) is 35.5 Å². The van der Waals surface area contributed by atoms with Crippen molar-refractivity contribution in [3.63, 3.8) is 0 Å². The summed E-state index contributed by atoms with van der Waals surface area (Å²) in [7, 11) is 2.11. The number of rotatable bonds is 2. The van der Waals surface area contributed by atoms with Crippen LogP contribution in [-0.2, 0) is 6.54 Å². The lowest BCUT2D eigenvalue weighted by Gasteiger charge is -2.31. The van der Waals surface area contributed by atoms with Crippen molar-refractivity contribution in [1.82, 2.24) is 19.1 Å². The predicted octanol–water partition coefficient (Wildman–Crippen LogP) is 3.81. The van der Waals surface area contributed by atoms with Crippen molar-refractivity contribution in [2.24, 2.45) is 0 Å². The normalized spacial score (nSPS) is 16.9. The van der Waals surface area contributed by atoms with E-state index >= 15 is 0 Å². The molecule has 0 aliphatic carbocycles. The van der Waals surface area contributed by atoms with Crippen LogP contribution in [-0.4, -0.2) is 32.7 Å². The first-order chi connectivity index (χ1) is 14.7. The van der Waals surface area contributed by atoms with Gasteiger partial charge >= 0.3 is 5.69 Å². The number of likely N-dealkylation sites (N-methyl/N-ethyl adjacent to an activating group) is 1. The molecular weight excluding hydrogens is 376 g/mol. The van der Waals surface area contributed by atoms with Crippen molar-refractivity contribution in [3.8, 4) is 5.69 Å². The molecule has 4 heterocycles. The number of furan rings is 1. The molecule has 30 heavy (non-hydrogen) atoms. The summed E-state index contributed by atoms with van der Waals surface area (Å²) in [6, 6.07) is 22.0. The lowest BCUT2D eigenvalue weighted by atomic mass is 9.88. The molecule has 1 aliphatic heterocycles. The number of fused-ring (bicyclic) bond motifs is 3. The SMILES string of the molecule is CN1Cc2cc(-n3nc4ccccn4c3=O)ccc2C(c2cc3ccccc3o2)C1. The van der Waals surface area contributed by atoms with Crippen molar-refractivity contribution in [3.05, 3.63) is 100 Å². The molecule has 5 aromatic rings. The van der Waals surface area contributed by atoms with Gasteiger partial charge in [0, 0.05) is 24.7 Å². The van der Waals surface area contributed by atoms with Gasteiger partial charge in [0.1, 0.15) is 11.3 Å². The zero-order chi connectivity index (χ0) is 20.2. The molecule has 6 heteroatoms. The maximum atomic E-state index is 12.8. The molecule has 6 nitrogen and oxygen atoms in total. The number of pyridine rings is 1. The Kier molecular flexibility index (Phi) is 3.70. The highest BCUT2D eigenvalue weighted by Gasteiger charge is 2.28.